The summed E-state index contributed by atoms with van der Waals surface area (Å²) in [5.74, 6) is 2.17. The highest BCUT2D eigenvalue weighted by molar-refractivity contribution is 5.98. The van der Waals surface area contributed by atoms with Crippen LogP contribution in [0.1, 0.15) is 50.4 Å². The highest BCUT2D eigenvalue weighted by Crippen LogP contribution is 2.35. The van der Waals surface area contributed by atoms with Crippen molar-refractivity contribution in [1.29, 1.82) is 0 Å². The Labute approximate surface area is 158 Å². The van der Waals surface area contributed by atoms with E-state index < -0.39 is 5.41 Å². The Kier molecular flexibility index (Phi) is 4.34. The third-order valence-corrected chi connectivity index (χ3v) is 5.54. The molecule has 6 heteroatoms. The van der Waals surface area contributed by atoms with Gasteiger partial charge in [-0.05, 0) is 56.5 Å². The summed E-state index contributed by atoms with van der Waals surface area (Å²) in [6, 6.07) is 11.4. The highest BCUT2D eigenvalue weighted by Gasteiger charge is 2.30. The Morgan fingerprint density at radius 3 is 2.52 bits per heavy atom. The summed E-state index contributed by atoms with van der Waals surface area (Å²) in [6.45, 7) is 3.84. The maximum Gasteiger partial charge on any atom is 0.234 e. The van der Waals surface area contributed by atoms with Gasteiger partial charge in [-0.2, -0.15) is 0 Å². The van der Waals surface area contributed by atoms with Gasteiger partial charge in [-0.25, -0.2) is 0 Å². The molecule has 1 saturated carbocycles. The van der Waals surface area contributed by atoms with Crippen molar-refractivity contribution in [1.82, 2.24) is 14.6 Å². The number of carbonyl (C=O) groups excluding carboxylic acids is 1. The monoisotopic (exact) mass is 364 g/mol. The number of nitrogens with zero attached hydrogens (tertiary/aromatic N) is 3. The molecule has 1 fully saturated rings. The van der Waals surface area contributed by atoms with Gasteiger partial charge >= 0.3 is 0 Å². The van der Waals surface area contributed by atoms with Crippen molar-refractivity contribution < 1.29 is 9.53 Å². The molecule has 0 spiro atoms. The third-order valence-electron chi connectivity index (χ3n) is 5.54. The van der Waals surface area contributed by atoms with Crippen molar-refractivity contribution in [3.8, 4) is 5.75 Å². The van der Waals surface area contributed by atoms with E-state index in [0.29, 0.717) is 5.92 Å². The first-order valence-corrected chi connectivity index (χ1v) is 9.30. The number of benzene rings is 1. The normalized spacial score (nSPS) is 14.8. The van der Waals surface area contributed by atoms with Crippen molar-refractivity contribution in [2.75, 3.05) is 12.4 Å². The van der Waals surface area contributed by atoms with E-state index in [9.17, 15) is 4.79 Å². The fraction of sp³-hybridized carbons (Fsp3) is 0.381. The predicted molar refractivity (Wildman–Crippen MR) is 104 cm³/mol. The van der Waals surface area contributed by atoms with Gasteiger partial charge in [-0.15, -0.1) is 10.2 Å². The molecule has 4 rings (SSSR count). The van der Waals surface area contributed by atoms with Gasteiger partial charge in [0.1, 0.15) is 11.6 Å². The van der Waals surface area contributed by atoms with Crippen molar-refractivity contribution in [2.24, 2.45) is 0 Å². The Bertz CT molecular complexity index is 972. The Hall–Kier alpha value is -2.89. The molecule has 0 bridgehead atoms. The molecule has 3 aromatic rings. The van der Waals surface area contributed by atoms with E-state index in [1.54, 1.807) is 7.11 Å². The maximum atomic E-state index is 13.0. The molecule has 0 unspecified atom stereocenters. The highest BCUT2D eigenvalue weighted by atomic mass is 16.5. The van der Waals surface area contributed by atoms with Gasteiger partial charge in [0.05, 0.1) is 18.2 Å². The summed E-state index contributed by atoms with van der Waals surface area (Å²) in [5.41, 5.74) is 1.81. The number of amides is 1. The Morgan fingerprint density at radius 1 is 1.15 bits per heavy atom. The average molecular weight is 364 g/mol. The van der Waals surface area contributed by atoms with Crippen molar-refractivity contribution in [3.05, 3.63) is 54.0 Å². The number of methoxy groups -OCH3 is 1. The zero-order chi connectivity index (χ0) is 19.0. The minimum atomic E-state index is -0.675. The molecule has 0 atom stereocenters. The van der Waals surface area contributed by atoms with Crippen LogP contribution in [0, 0.1) is 0 Å². The van der Waals surface area contributed by atoms with E-state index in [1.165, 1.54) is 6.42 Å². The van der Waals surface area contributed by atoms with E-state index in [-0.39, 0.29) is 5.91 Å². The van der Waals surface area contributed by atoms with E-state index in [0.717, 1.165) is 41.3 Å². The lowest BCUT2D eigenvalue weighted by molar-refractivity contribution is -0.120. The molecular weight excluding hydrogens is 340 g/mol. The lowest BCUT2D eigenvalue weighted by Crippen LogP contribution is -2.34. The second-order valence-corrected chi connectivity index (χ2v) is 7.64. The number of pyridine rings is 1. The Balaban J connectivity index is 1.57. The quantitative estimate of drug-likeness (QED) is 0.745. The summed E-state index contributed by atoms with van der Waals surface area (Å²) in [7, 11) is 1.63. The van der Waals surface area contributed by atoms with Gasteiger partial charge in [-0.3, -0.25) is 9.20 Å². The first-order valence-electron chi connectivity index (χ1n) is 9.30. The molecule has 1 aliphatic carbocycles. The molecule has 0 aliphatic heterocycles. The predicted octanol–water partition coefficient (Wildman–Crippen LogP) is 3.92. The maximum absolute atomic E-state index is 13.0. The minimum Gasteiger partial charge on any atom is -0.497 e. The van der Waals surface area contributed by atoms with E-state index in [4.69, 9.17) is 4.74 Å². The third kappa shape index (κ3) is 3.16. The number of carbonyl (C=O) groups is 1. The first kappa shape index (κ1) is 17.5. The summed E-state index contributed by atoms with van der Waals surface area (Å²) in [4.78, 5) is 13.0. The number of hydrogen-bond acceptors (Lipinski definition) is 4. The first-order chi connectivity index (χ1) is 13.0. The van der Waals surface area contributed by atoms with Crippen LogP contribution in [0.25, 0.3) is 5.65 Å². The molecule has 1 aromatic carbocycles. The molecule has 27 heavy (non-hydrogen) atoms. The van der Waals surface area contributed by atoms with Crippen LogP contribution in [0.2, 0.25) is 0 Å². The fourth-order valence-electron chi connectivity index (χ4n) is 3.35. The van der Waals surface area contributed by atoms with Crippen LogP contribution in [0.5, 0.6) is 5.75 Å². The molecular formula is C21H24N4O2. The van der Waals surface area contributed by atoms with Crippen LogP contribution >= 0.6 is 0 Å². The fourth-order valence-corrected chi connectivity index (χ4v) is 3.35. The number of aromatic nitrogens is 3. The van der Waals surface area contributed by atoms with Crippen LogP contribution in [0.15, 0.2) is 42.6 Å². The van der Waals surface area contributed by atoms with Gasteiger partial charge in [-0.1, -0.05) is 18.6 Å². The summed E-state index contributed by atoms with van der Waals surface area (Å²) in [5, 5.41) is 11.6. The molecule has 0 saturated heterocycles. The van der Waals surface area contributed by atoms with Crippen LogP contribution in [0.3, 0.4) is 0 Å². The molecule has 2 aromatic heterocycles. The van der Waals surface area contributed by atoms with Gasteiger partial charge in [0, 0.05) is 12.1 Å². The Morgan fingerprint density at radius 2 is 1.89 bits per heavy atom. The van der Waals surface area contributed by atoms with Gasteiger partial charge < -0.3 is 10.1 Å². The van der Waals surface area contributed by atoms with Gasteiger partial charge in [0.2, 0.25) is 5.91 Å². The summed E-state index contributed by atoms with van der Waals surface area (Å²) < 4.78 is 7.20. The minimum absolute atomic E-state index is 0.0646. The molecule has 2 heterocycles. The van der Waals surface area contributed by atoms with Crippen LogP contribution < -0.4 is 10.1 Å². The number of fused-ring (bicyclic) bond motifs is 1. The standard InChI is InChI=1S/C21H24N4O2/c1-21(2,15-7-10-17(27-3)11-8-15)20(26)22-16-9-12-18-23-24-19(25(18)13-16)14-5-4-6-14/h7-14H,4-6H2,1-3H3,(H,22,26). The number of hydrogen-bond donors (Lipinski definition) is 1. The zero-order valence-corrected chi connectivity index (χ0v) is 15.9. The summed E-state index contributed by atoms with van der Waals surface area (Å²) in [6.07, 6.45) is 5.47. The van der Waals surface area contributed by atoms with Gasteiger partial charge in [0.15, 0.2) is 5.65 Å². The number of anilines is 1. The molecule has 1 aliphatic rings. The van der Waals surface area contributed by atoms with Crippen LogP contribution in [0.4, 0.5) is 5.69 Å². The SMILES string of the molecule is COc1ccc(C(C)(C)C(=O)Nc2ccc3nnc(C4CCC4)n3c2)cc1. The second kappa shape index (κ2) is 6.68. The lowest BCUT2D eigenvalue weighted by Gasteiger charge is -2.25. The molecule has 140 valence electrons. The van der Waals surface area contributed by atoms with E-state index in [1.807, 2.05) is 60.8 Å². The molecule has 0 radical (unpaired) electrons. The van der Waals surface area contributed by atoms with Crippen molar-refractivity contribution >= 4 is 17.2 Å². The number of rotatable bonds is 5. The average Bonchev–Trinajstić information content (AvgIpc) is 3.03. The molecule has 6 nitrogen and oxygen atoms in total. The van der Waals surface area contributed by atoms with Gasteiger partial charge in [0.25, 0.3) is 0 Å². The van der Waals surface area contributed by atoms with Crippen molar-refractivity contribution in [2.45, 2.75) is 44.4 Å². The zero-order valence-electron chi connectivity index (χ0n) is 15.9. The summed E-state index contributed by atoms with van der Waals surface area (Å²) >= 11 is 0. The number of ether oxygens (including phenoxy) is 1. The largest absolute Gasteiger partial charge is 0.497 e. The van der Waals surface area contributed by atoms with E-state index in [2.05, 4.69) is 15.5 Å². The smallest absolute Gasteiger partial charge is 0.234 e. The second-order valence-electron chi connectivity index (χ2n) is 7.64. The van der Waals surface area contributed by atoms with E-state index >= 15 is 0 Å². The van der Waals surface area contributed by atoms with Crippen LogP contribution in [-0.2, 0) is 10.2 Å². The topological polar surface area (TPSA) is 68.5 Å². The lowest BCUT2D eigenvalue weighted by atomic mass is 9.83. The molecule has 1 N–H and O–H groups in total. The van der Waals surface area contributed by atoms with Crippen molar-refractivity contribution in [3.63, 3.8) is 0 Å². The molecule has 1 amide bonds. The van der Waals surface area contributed by atoms with Crippen LogP contribution in [-0.4, -0.2) is 27.6 Å². The number of nitrogens with one attached hydrogen (secondary N) is 1.